The molecule has 0 bridgehead atoms. The molecule has 4 heterocycles. The number of H-pyrrole nitrogens is 1. The molecule has 2 aliphatic rings. The lowest BCUT2D eigenvalue weighted by Crippen LogP contribution is -2.91. The third kappa shape index (κ3) is 3.97. The van der Waals surface area contributed by atoms with Gasteiger partial charge in [0.25, 0.3) is 0 Å². The van der Waals surface area contributed by atoms with Crippen LogP contribution in [-0.4, -0.2) is 52.5 Å². The summed E-state index contributed by atoms with van der Waals surface area (Å²) in [5.74, 6) is 0.197. The molecule has 168 valence electrons. The van der Waals surface area contributed by atoms with E-state index in [1.54, 1.807) is 18.3 Å². The van der Waals surface area contributed by atoms with Gasteiger partial charge in [-0.25, -0.2) is 14.4 Å². The molecule has 6 rings (SSSR count). The van der Waals surface area contributed by atoms with Crippen molar-refractivity contribution in [2.24, 2.45) is 0 Å². The average Bonchev–Trinajstić information content (AvgIpc) is 3.54. The minimum atomic E-state index is -0.290. The zero-order chi connectivity index (χ0) is 22.2. The molecule has 0 radical (unpaired) electrons. The normalized spacial score (nSPS) is 24.3. The quantitative estimate of drug-likeness (QED) is 0.424. The van der Waals surface area contributed by atoms with Crippen LogP contribution in [0.3, 0.4) is 0 Å². The fourth-order valence-electron chi connectivity index (χ4n) is 4.84. The summed E-state index contributed by atoms with van der Waals surface area (Å²) in [6.45, 7) is 2.03. The molecule has 8 heteroatoms. The van der Waals surface area contributed by atoms with Gasteiger partial charge in [-0.2, -0.15) is 0 Å². The Bertz CT molecular complexity index is 1280. The predicted molar refractivity (Wildman–Crippen MR) is 122 cm³/mol. The second-order valence-electron chi connectivity index (χ2n) is 8.59. The lowest BCUT2D eigenvalue weighted by molar-refractivity contribution is -0.707. The molecular formula is C25H25FN5O2+. The third-order valence-electron chi connectivity index (χ3n) is 6.50. The highest BCUT2D eigenvalue weighted by atomic mass is 19.1. The molecule has 4 aromatic rings. The first-order valence-corrected chi connectivity index (χ1v) is 11.2. The standard InChI is InChI=1S/C25H24FN5O2/c26-17-5-3-4-15(10-17)19-8-9-27-25(30-19)31-22-14-33-23-21(13-32-24(22)23)29-12-16-11-28-20-7-2-1-6-18(16)20/h1-11,21-24,28-29H,12-14H2,(H,27,30,31)/p+1/t21-,22-,23+,24+/m0/s1. The fraction of sp³-hybridized carbons (Fsp3) is 0.280. The molecule has 2 aliphatic heterocycles. The number of fused-ring (bicyclic) bond motifs is 2. The van der Waals surface area contributed by atoms with Gasteiger partial charge in [0, 0.05) is 34.4 Å². The zero-order valence-electron chi connectivity index (χ0n) is 17.9. The second-order valence-corrected chi connectivity index (χ2v) is 8.59. The van der Waals surface area contributed by atoms with Crippen molar-refractivity contribution >= 4 is 16.9 Å². The molecule has 0 unspecified atom stereocenters. The van der Waals surface area contributed by atoms with Crippen molar-refractivity contribution < 1.29 is 19.2 Å². The predicted octanol–water partition coefficient (Wildman–Crippen LogP) is 2.47. The van der Waals surface area contributed by atoms with Crippen LogP contribution in [0.25, 0.3) is 22.2 Å². The van der Waals surface area contributed by atoms with Crippen LogP contribution in [0.5, 0.6) is 0 Å². The molecule has 7 nitrogen and oxygen atoms in total. The Hall–Kier alpha value is -3.33. The van der Waals surface area contributed by atoms with Crippen molar-refractivity contribution in [2.45, 2.75) is 30.8 Å². The highest BCUT2D eigenvalue weighted by Crippen LogP contribution is 2.28. The monoisotopic (exact) mass is 446 g/mol. The number of aromatic amines is 1. The Morgan fingerprint density at radius 2 is 1.97 bits per heavy atom. The summed E-state index contributed by atoms with van der Waals surface area (Å²) in [6.07, 6.45) is 3.71. The number of hydrogen-bond donors (Lipinski definition) is 3. The molecule has 2 saturated heterocycles. The van der Waals surface area contributed by atoms with E-state index in [9.17, 15) is 4.39 Å². The Morgan fingerprint density at radius 3 is 2.91 bits per heavy atom. The fourth-order valence-corrected chi connectivity index (χ4v) is 4.84. The van der Waals surface area contributed by atoms with E-state index < -0.39 is 0 Å². The number of anilines is 1. The van der Waals surface area contributed by atoms with Crippen LogP contribution in [0.15, 0.2) is 67.0 Å². The molecule has 0 saturated carbocycles. The smallest absolute Gasteiger partial charge is 0.223 e. The molecular weight excluding hydrogens is 421 g/mol. The van der Waals surface area contributed by atoms with Gasteiger partial charge in [-0.1, -0.05) is 30.3 Å². The van der Waals surface area contributed by atoms with Crippen molar-refractivity contribution in [3.05, 3.63) is 78.4 Å². The summed E-state index contributed by atoms with van der Waals surface area (Å²) in [7, 11) is 0. The summed E-state index contributed by atoms with van der Waals surface area (Å²) in [6, 6.07) is 16.7. The Labute approximate surface area is 190 Å². The van der Waals surface area contributed by atoms with E-state index in [2.05, 4.69) is 50.0 Å². The van der Waals surface area contributed by atoms with Crippen molar-refractivity contribution in [1.29, 1.82) is 0 Å². The number of nitrogens with two attached hydrogens (primary N) is 1. The Balaban J connectivity index is 1.11. The van der Waals surface area contributed by atoms with Crippen LogP contribution in [0, 0.1) is 5.82 Å². The van der Waals surface area contributed by atoms with Gasteiger partial charge in [-0.05, 0) is 24.3 Å². The minimum Gasteiger partial charge on any atom is -0.367 e. The number of nitrogens with one attached hydrogen (secondary N) is 2. The maximum absolute atomic E-state index is 13.6. The lowest BCUT2D eigenvalue weighted by atomic mass is 10.1. The molecule has 2 aromatic heterocycles. The highest BCUT2D eigenvalue weighted by molar-refractivity contribution is 5.82. The van der Waals surface area contributed by atoms with Gasteiger partial charge in [0.05, 0.1) is 18.3 Å². The average molecular weight is 447 g/mol. The van der Waals surface area contributed by atoms with Crippen LogP contribution in [0.2, 0.25) is 0 Å². The van der Waals surface area contributed by atoms with E-state index in [0.29, 0.717) is 30.4 Å². The van der Waals surface area contributed by atoms with E-state index in [1.807, 2.05) is 12.1 Å². The number of para-hydroxylation sites is 1. The van der Waals surface area contributed by atoms with Gasteiger partial charge in [0.1, 0.15) is 37.2 Å². The summed E-state index contributed by atoms with van der Waals surface area (Å²) in [5, 5.41) is 6.93. The summed E-state index contributed by atoms with van der Waals surface area (Å²) in [4.78, 5) is 12.2. The van der Waals surface area contributed by atoms with E-state index >= 15 is 0 Å². The van der Waals surface area contributed by atoms with E-state index in [1.165, 1.54) is 23.1 Å². The largest absolute Gasteiger partial charge is 0.367 e. The number of ether oxygens (including phenoxy) is 2. The summed E-state index contributed by atoms with van der Waals surface area (Å²) in [5.41, 5.74) is 3.82. The van der Waals surface area contributed by atoms with Gasteiger partial charge in [0.15, 0.2) is 0 Å². The van der Waals surface area contributed by atoms with E-state index in [0.717, 1.165) is 12.1 Å². The van der Waals surface area contributed by atoms with Crippen LogP contribution in [0.4, 0.5) is 10.3 Å². The number of halogens is 1. The van der Waals surface area contributed by atoms with Gasteiger partial charge in [-0.15, -0.1) is 0 Å². The topological polar surface area (TPSA) is 88.7 Å². The summed E-state index contributed by atoms with van der Waals surface area (Å²) >= 11 is 0. The van der Waals surface area contributed by atoms with Crippen molar-refractivity contribution in [1.82, 2.24) is 15.0 Å². The van der Waals surface area contributed by atoms with Gasteiger partial charge < -0.3 is 25.1 Å². The Kier molecular flexibility index (Phi) is 5.26. The van der Waals surface area contributed by atoms with Crippen LogP contribution >= 0.6 is 0 Å². The second kappa shape index (κ2) is 8.55. The highest BCUT2D eigenvalue weighted by Gasteiger charge is 2.50. The number of aromatic nitrogens is 3. The summed E-state index contributed by atoms with van der Waals surface area (Å²) < 4.78 is 25.9. The molecule has 0 spiro atoms. The van der Waals surface area contributed by atoms with Crippen molar-refractivity contribution in [3.8, 4) is 11.3 Å². The first-order valence-electron chi connectivity index (χ1n) is 11.2. The molecule has 0 aliphatic carbocycles. The zero-order valence-corrected chi connectivity index (χ0v) is 17.9. The molecule has 2 aromatic carbocycles. The molecule has 4 atom stereocenters. The maximum atomic E-state index is 13.6. The lowest BCUT2D eigenvalue weighted by Gasteiger charge is -2.17. The number of hydrogen-bond acceptors (Lipinski definition) is 5. The van der Waals surface area contributed by atoms with Crippen LogP contribution in [-0.2, 0) is 16.0 Å². The van der Waals surface area contributed by atoms with Crippen LogP contribution < -0.4 is 10.6 Å². The number of rotatable bonds is 6. The van der Waals surface area contributed by atoms with Crippen LogP contribution in [0.1, 0.15) is 5.56 Å². The molecule has 4 N–H and O–H groups in total. The van der Waals surface area contributed by atoms with Crippen molar-refractivity contribution in [2.75, 3.05) is 18.5 Å². The van der Waals surface area contributed by atoms with Gasteiger partial charge in [0.2, 0.25) is 5.95 Å². The number of benzene rings is 2. The molecule has 33 heavy (non-hydrogen) atoms. The van der Waals surface area contributed by atoms with E-state index in [4.69, 9.17) is 9.47 Å². The molecule has 0 amide bonds. The Morgan fingerprint density at radius 1 is 1.06 bits per heavy atom. The van der Waals surface area contributed by atoms with Gasteiger partial charge in [-0.3, -0.25) is 0 Å². The van der Waals surface area contributed by atoms with Gasteiger partial charge >= 0.3 is 0 Å². The molecule has 2 fully saturated rings. The SMILES string of the molecule is Fc1cccc(-c2ccnc(N[C@H]3CO[C@H]4[C@@H]3OC[C@@H]4[NH2+]Cc3c[nH]c4ccccc34)n2)c1. The first-order chi connectivity index (χ1) is 16.2. The van der Waals surface area contributed by atoms with Crippen molar-refractivity contribution in [3.63, 3.8) is 0 Å². The minimum absolute atomic E-state index is 0.0131. The van der Waals surface area contributed by atoms with E-state index in [-0.39, 0.29) is 30.1 Å². The number of nitrogens with zero attached hydrogens (tertiary/aromatic N) is 2. The third-order valence-corrected chi connectivity index (χ3v) is 6.50. The first kappa shape index (κ1) is 20.3. The number of quaternary nitrogens is 1. The maximum Gasteiger partial charge on any atom is 0.223 e.